The van der Waals surface area contributed by atoms with E-state index in [1.54, 1.807) is 19.1 Å². The SMILES string of the molecule is CCOC(=O)c1cc(CCl)c(Br)cc1C#N. The predicted molar refractivity (Wildman–Crippen MR) is 64.4 cm³/mol. The summed E-state index contributed by atoms with van der Waals surface area (Å²) in [5, 5.41) is 8.91. The molecule has 0 spiro atoms. The highest BCUT2D eigenvalue weighted by molar-refractivity contribution is 9.10. The van der Waals surface area contributed by atoms with Gasteiger partial charge in [0.1, 0.15) is 6.07 Å². The Kier molecular flexibility index (Phi) is 4.78. The van der Waals surface area contributed by atoms with Gasteiger partial charge in [0.2, 0.25) is 0 Å². The van der Waals surface area contributed by atoms with Gasteiger partial charge in [-0.1, -0.05) is 15.9 Å². The Morgan fingerprint density at radius 1 is 1.62 bits per heavy atom. The molecule has 0 saturated carbocycles. The summed E-state index contributed by atoms with van der Waals surface area (Å²) in [5.41, 5.74) is 1.28. The van der Waals surface area contributed by atoms with E-state index in [0.29, 0.717) is 4.47 Å². The smallest absolute Gasteiger partial charge is 0.339 e. The summed E-state index contributed by atoms with van der Waals surface area (Å²) in [4.78, 5) is 11.6. The highest BCUT2D eigenvalue weighted by atomic mass is 79.9. The first-order chi connectivity index (χ1) is 7.63. The van der Waals surface area contributed by atoms with E-state index < -0.39 is 5.97 Å². The summed E-state index contributed by atoms with van der Waals surface area (Å²) < 4.78 is 5.58. The summed E-state index contributed by atoms with van der Waals surface area (Å²) in [7, 11) is 0. The Labute approximate surface area is 107 Å². The van der Waals surface area contributed by atoms with Gasteiger partial charge in [0, 0.05) is 10.4 Å². The highest BCUT2D eigenvalue weighted by Crippen LogP contribution is 2.24. The van der Waals surface area contributed by atoms with Crippen LogP contribution in [0.5, 0.6) is 0 Å². The monoisotopic (exact) mass is 301 g/mol. The number of nitrogens with zero attached hydrogens (tertiary/aromatic N) is 1. The molecular weight excluding hydrogens is 293 g/mol. The minimum Gasteiger partial charge on any atom is -0.462 e. The molecular formula is C11H9BrClNO2. The molecule has 0 aliphatic heterocycles. The van der Waals surface area contributed by atoms with E-state index in [4.69, 9.17) is 21.6 Å². The number of halogens is 2. The Morgan fingerprint density at radius 2 is 2.31 bits per heavy atom. The fourth-order valence-corrected chi connectivity index (χ4v) is 2.06. The molecule has 0 aliphatic rings. The Morgan fingerprint density at radius 3 is 2.81 bits per heavy atom. The van der Waals surface area contributed by atoms with Crippen molar-refractivity contribution >= 4 is 33.5 Å². The molecule has 1 aromatic carbocycles. The van der Waals surface area contributed by atoms with Crippen LogP contribution in [0.3, 0.4) is 0 Å². The van der Waals surface area contributed by atoms with Crippen LogP contribution in [0.2, 0.25) is 0 Å². The van der Waals surface area contributed by atoms with Gasteiger partial charge in [-0.05, 0) is 24.6 Å². The minimum absolute atomic E-state index is 0.253. The summed E-state index contributed by atoms with van der Waals surface area (Å²) in [5.74, 6) is -0.239. The second-order valence-electron chi connectivity index (χ2n) is 2.96. The topological polar surface area (TPSA) is 50.1 Å². The van der Waals surface area contributed by atoms with Crippen LogP contribution in [-0.4, -0.2) is 12.6 Å². The molecule has 1 rings (SSSR count). The van der Waals surface area contributed by atoms with E-state index >= 15 is 0 Å². The number of nitriles is 1. The molecule has 0 bridgehead atoms. The number of hydrogen-bond donors (Lipinski definition) is 0. The van der Waals surface area contributed by atoms with Gasteiger partial charge < -0.3 is 4.74 Å². The molecule has 5 heteroatoms. The molecule has 0 unspecified atom stereocenters. The first-order valence-corrected chi connectivity index (χ1v) is 5.92. The molecule has 1 aromatic rings. The molecule has 3 nitrogen and oxygen atoms in total. The van der Waals surface area contributed by atoms with Gasteiger partial charge in [0.05, 0.1) is 17.7 Å². The van der Waals surface area contributed by atoms with Crippen LogP contribution >= 0.6 is 27.5 Å². The second-order valence-corrected chi connectivity index (χ2v) is 4.08. The lowest BCUT2D eigenvalue weighted by atomic mass is 10.1. The second kappa shape index (κ2) is 5.88. The normalized spacial score (nSPS) is 9.62. The minimum atomic E-state index is -0.502. The number of hydrogen-bond acceptors (Lipinski definition) is 3. The van der Waals surface area contributed by atoms with E-state index in [1.807, 2.05) is 6.07 Å². The first kappa shape index (κ1) is 13.0. The molecule has 0 fully saturated rings. The zero-order valence-corrected chi connectivity index (χ0v) is 10.9. The third-order valence-electron chi connectivity index (χ3n) is 1.95. The molecule has 0 aliphatic carbocycles. The van der Waals surface area contributed by atoms with Gasteiger partial charge in [-0.2, -0.15) is 5.26 Å². The fourth-order valence-electron chi connectivity index (χ4n) is 1.19. The van der Waals surface area contributed by atoms with Crippen LogP contribution in [0, 0.1) is 11.3 Å². The van der Waals surface area contributed by atoms with Crippen molar-refractivity contribution in [1.82, 2.24) is 0 Å². The number of benzene rings is 1. The van der Waals surface area contributed by atoms with Crippen LogP contribution in [-0.2, 0) is 10.6 Å². The molecule has 84 valence electrons. The summed E-state index contributed by atoms with van der Waals surface area (Å²) in [6.45, 7) is 1.99. The number of alkyl halides is 1. The van der Waals surface area contributed by atoms with Crippen LogP contribution < -0.4 is 0 Å². The zero-order chi connectivity index (χ0) is 12.1. The zero-order valence-electron chi connectivity index (χ0n) is 8.59. The third kappa shape index (κ3) is 2.75. The van der Waals surface area contributed by atoms with E-state index in [9.17, 15) is 4.79 Å². The van der Waals surface area contributed by atoms with Crippen LogP contribution in [0.25, 0.3) is 0 Å². The van der Waals surface area contributed by atoms with Crippen molar-refractivity contribution in [2.45, 2.75) is 12.8 Å². The van der Waals surface area contributed by atoms with Gasteiger partial charge in [0.25, 0.3) is 0 Å². The molecule has 0 saturated heterocycles. The number of rotatable bonds is 3. The lowest BCUT2D eigenvalue weighted by Crippen LogP contribution is -2.08. The Balaban J connectivity index is 3.26. The number of carbonyl (C=O) groups excluding carboxylic acids is 1. The van der Waals surface area contributed by atoms with Gasteiger partial charge in [-0.15, -0.1) is 11.6 Å². The van der Waals surface area contributed by atoms with Crippen molar-refractivity contribution in [3.63, 3.8) is 0 Å². The molecule has 16 heavy (non-hydrogen) atoms. The van der Waals surface area contributed by atoms with E-state index in [2.05, 4.69) is 15.9 Å². The van der Waals surface area contributed by atoms with Crippen molar-refractivity contribution < 1.29 is 9.53 Å². The maximum atomic E-state index is 11.6. The summed E-state index contributed by atoms with van der Waals surface area (Å²) >= 11 is 9.00. The van der Waals surface area contributed by atoms with Crippen LogP contribution in [0.15, 0.2) is 16.6 Å². The maximum absolute atomic E-state index is 11.6. The number of esters is 1. The molecule has 0 heterocycles. The third-order valence-corrected chi connectivity index (χ3v) is 2.97. The van der Waals surface area contributed by atoms with E-state index in [-0.39, 0.29) is 23.6 Å². The number of ether oxygens (including phenoxy) is 1. The number of carbonyl (C=O) groups is 1. The van der Waals surface area contributed by atoms with Crippen molar-refractivity contribution in [3.8, 4) is 6.07 Å². The summed E-state index contributed by atoms with van der Waals surface area (Å²) in [6, 6.07) is 5.10. The molecule has 0 atom stereocenters. The van der Waals surface area contributed by atoms with Crippen molar-refractivity contribution in [2.75, 3.05) is 6.61 Å². The first-order valence-electron chi connectivity index (χ1n) is 4.59. The van der Waals surface area contributed by atoms with Crippen molar-refractivity contribution in [2.24, 2.45) is 0 Å². The molecule has 0 radical (unpaired) electrons. The summed E-state index contributed by atoms with van der Waals surface area (Å²) in [6.07, 6.45) is 0. The fraction of sp³-hybridized carbons (Fsp3) is 0.273. The largest absolute Gasteiger partial charge is 0.462 e. The van der Waals surface area contributed by atoms with Crippen LogP contribution in [0.1, 0.15) is 28.4 Å². The average molecular weight is 303 g/mol. The Bertz CT molecular complexity index is 454. The lowest BCUT2D eigenvalue weighted by Gasteiger charge is -2.07. The molecule has 0 aromatic heterocycles. The molecule has 0 amide bonds. The van der Waals surface area contributed by atoms with E-state index in [0.717, 1.165) is 5.56 Å². The van der Waals surface area contributed by atoms with Crippen molar-refractivity contribution in [1.29, 1.82) is 5.26 Å². The van der Waals surface area contributed by atoms with Crippen LogP contribution in [0.4, 0.5) is 0 Å². The lowest BCUT2D eigenvalue weighted by molar-refractivity contribution is 0.0526. The maximum Gasteiger partial charge on any atom is 0.339 e. The van der Waals surface area contributed by atoms with Crippen molar-refractivity contribution in [3.05, 3.63) is 33.3 Å². The molecule has 0 N–H and O–H groups in total. The average Bonchev–Trinajstić information content (AvgIpc) is 2.28. The van der Waals surface area contributed by atoms with E-state index in [1.165, 1.54) is 0 Å². The predicted octanol–water partition coefficient (Wildman–Crippen LogP) is 3.24. The standard InChI is InChI=1S/C11H9BrClNO2/c1-2-16-11(15)9-3-7(5-13)10(12)4-8(9)6-14/h3-4H,2,5H2,1H3. The Hall–Kier alpha value is -1.05. The highest BCUT2D eigenvalue weighted by Gasteiger charge is 2.15. The van der Waals surface area contributed by atoms with Gasteiger partial charge in [-0.25, -0.2) is 4.79 Å². The van der Waals surface area contributed by atoms with Gasteiger partial charge in [-0.3, -0.25) is 0 Å². The van der Waals surface area contributed by atoms with Gasteiger partial charge in [0.15, 0.2) is 0 Å². The quantitative estimate of drug-likeness (QED) is 0.636. The van der Waals surface area contributed by atoms with Gasteiger partial charge >= 0.3 is 5.97 Å².